The van der Waals surface area contributed by atoms with Crippen molar-refractivity contribution in [2.24, 2.45) is 7.05 Å². The van der Waals surface area contributed by atoms with Gasteiger partial charge in [0.1, 0.15) is 12.4 Å². The predicted octanol–water partition coefficient (Wildman–Crippen LogP) is 2.25. The summed E-state index contributed by atoms with van der Waals surface area (Å²) in [5, 5.41) is 7.78. The summed E-state index contributed by atoms with van der Waals surface area (Å²) < 4.78 is 7.49. The molecule has 0 unspecified atom stereocenters. The average Bonchev–Trinajstić information content (AvgIpc) is 3.17. The monoisotopic (exact) mass is 257 g/mol. The molecule has 0 aliphatic heterocycles. The second kappa shape index (κ2) is 5.45. The lowest BCUT2D eigenvalue weighted by molar-refractivity contribution is 0.300. The van der Waals surface area contributed by atoms with Crippen molar-refractivity contribution in [3.05, 3.63) is 47.8 Å². The molecule has 0 atom stereocenters. The zero-order valence-corrected chi connectivity index (χ0v) is 11.2. The van der Waals surface area contributed by atoms with Crippen LogP contribution in [-0.4, -0.2) is 15.8 Å². The summed E-state index contributed by atoms with van der Waals surface area (Å²) in [5.74, 6) is 0.890. The molecular formula is C15H19N3O. The summed E-state index contributed by atoms with van der Waals surface area (Å²) in [6, 6.07) is 11.0. The highest BCUT2D eigenvalue weighted by molar-refractivity contribution is 5.27. The van der Waals surface area contributed by atoms with Crippen molar-refractivity contribution in [3.8, 4) is 5.75 Å². The van der Waals surface area contributed by atoms with Crippen molar-refractivity contribution in [3.63, 3.8) is 0 Å². The lowest BCUT2D eigenvalue weighted by Crippen LogP contribution is -2.15. The molecule has 1 saturated carbocycles. The molecule has 1 N–H and O–H groups in total. The van der Waals surface area contributed by atoms with Gasteiger partial charge < -0.3 is 10.1 Å². The van der Waals surface area contributed by atoms with E-state index < -0.39 is 0 Å². The Bertz CT molecular complexity index is 529. The Morgan fingerprint density at radius 2 is 2.05 bits per heavy atom. The summed E-state index contributed by atoms with van der Waals surface area (Å²) in [5.41, 5.74) is 2.25. The molecule has 0 bridgehead atoms. The highest BCUT2D eigenvalue weighted by atomic mass is 16.5. The van der Waals surface area contributed by atoms with Gasteiger partial charge in [0.15, 0.2) is 0 Å². The number of hydrogen-bond donors (Lipinski definition) is 1. The molecule has 1 aliphatic rings. The van der Waals surface area contributed by atoms with Gasteiger partial charge in [-0.1, -0.05) is 12.1 Å². The first-order valence-corrected chi connectivity index (χ1v) is 6.73. The van der Waals surface area contributed by atoms with Gasteiger partial charge in [0, 0.05) is 25.8 Å². The molecule has 1 aromatic carbocycles. The Kier molecular flexibility index (Phi) is 3.51. The predicted molar refractivity (Wildman–Crippen MR) is 73.8 cm³/mol. The number of hydrogen-bond acceptors (Lipinski definition) is 3. The van der Waals surface area contributed by atoms with Gasteiger partial charge in [0.2, 0.25) is 0 Å². The first-order valence-electron chi connectivity index (χ1n) is 6.73. The fraction of sp³-hybridized carbons (Fsp3) is 0.400. The Morgan fingerprint density at radius 1 is 1.26 bits per heavy atom. The van der Waals surface area contributed by atoms with Crippen molar-refractivity contribution in [2.75, 3.05) is 0 Å². The number of ether oxygens (including phenoxy) is 1. The average molecular weight is 257 g/mol. The highest BCUT2D eigenvalue weighted by Gasteiger charge is 2.19. The minimum Gasteiger partial charge on any atom is -0.487 e. The molecule has 0 radical (unpaired) electrons. The topological polar surface area (TPSA) is 39.1 Å². The molecule has 1 fully saturated rings. The smallest absolute Gasteiger partial charge is 0.132 e. The number of nitrogens with zero attached hydrogens (tertiary/aromatic N) is 2. The zero-order valence-electron chi connectivity index (χ0n) is 11.2. The van der Waals surface area contributed by atoms with Crippen LogP contribution in [-0.2, 0) is 20.2 Å². The van der Waals surface area contributed by atoms with Crippen LogP contribution >= 0.6 is 0 Å². The number of rotatable bonds is 6. The van der Waals surface area contributed by atoms with Gasteiger partial charge in [-0.15, -0.1) is 0 Å². The van der Waals surface area contributed by atoms with Gasteiger partial charge in [0.25, 0.3) is 0 Å². The van der Waals surface area contributed by atoms with E-state index in [1.165, 1.54) is 18.4 Å². The molecule has 1 heterocycles. The van der Waals surface area contributed by atoms with Crippen LogP contribution in [0.15, 0.2) is 36.5 Å². The minimum absolute atomic E-state index is 0.514. The molecule has 0 amide bonds. The van der Waals surface area contributed by atoms with Gasteiger partial charge >= 0.3 is 0 Å². The third-order valence-electron chi connectivity index (χ3n) is 3.25. The van der Waals surface area contributed by atoms with Crippen molar-refractivity contribution in [1.82, 2.24) is 15.1 Å². The maximum absolute atomic E-state index is 5.70. The Balaban J connectivity index is 1.50. The van der Waals surface area contributed by atoms with Gasteiger partial charge in [0.05, 0.1) is 5.69 Å². The molecular weight excluding hydrogens is 238 g/mol. The molecule has 19 heavy (non-hydrogen) atoms. The molecule has 3 rings (SSSR count). The van der Waals surface area contributed by atoms with Crippen LogP contribution in [0.25, 0.3) is 0 Å². The van der Waals surface area contributed by atoms with Crippen LogP contribution in [0.1, 0.15) is 24.1 Å². The number of aryl methyl sites for hydroxylation is 1. The molecule has 4 nitrogen and oxygen atoms in total. The van der Waals surface area contributed by atoms with Crippen LogP contribution in [0.3, 0.4) is 0 Å². The summed E-state index contributed by atoms with van der Waals surface area (Å²) in [6.07, 6.45) is 4.57. The largest absolute Gasteiger partial charge is 0.487 e. The van der Waals surface area contributed by atoms with Crippen LogP contribution in [0, 0.1) is 0 Å². The molecule has 0 spiro atoms. The summed E-state index contributed by atoms with van der Waals surface area (Å²) in [4.78, 5) is 0. The van der Waals surface area contributed by atoms with Gasteiger partial charge in [-0.3, -0.25) is 4.68 Å². The van der Waals surface area contributed by atoms with Crippen molar-refractivity contribution >= 4 is 0 Å². The molecule has 4 heteroatoms. The van der Waals surface area contributed by atoms with Gasteiger partial charge in [-0.2, -0.15) is 5.10 Å². The van der Waals surface area contributed by atoms with E-state index >= 15 is 0 Å². The second-order valence-electron chi connectivity index (χ2n) is 5.07. The van der Waals surface area contributed by atoms with E-state index in [9.17, 15) is 0 Å². The van der Waals surface area contributed by atoms with E-state index in [4.69, 9.17) is 4.74 Å². The fourth-order valence-electron chi connectivity index (χ4n) is 1.95. The highest BCUT2D eigenvalue weighted by Crippen LogP contribution is 2.20. The second-order valence-corrected chi connectivity index (χ2v) is 5.07. The van der Waals surface area contributed by atoms with E-state index in [1.54, 1.807) is 4.68 Å². The molecule has 0 saturated heterocycles. The van der Waals surface area contributed by atoms with Gasteiger partial charge in [-0.05, 0) is 36.6 Å². The summed E-state index contributed by atoms with van der Waals surface area (Å²) >= 11 is 0. The number of benzene rings is 1. The van der Waals surface area contributed by atoms with Gasteiger partial charge in [-0.25, -0.2) is 0 Å². The van der Waals surface area contributed by atoms with E-state index in [-0.39, 0.29) is 0 Å². The van der Waals surface area contributed by atoms with Crippen LogP contribution in [0.5, 0.6) is 5.75 Å². The van der Waals surface area contributed by atoms with Crippen LogP contribution in [0.2, 0.25) is 0 Å². The third-order valence-corrected chi connectivity index (χ3v) is 3.25. The van der Waals surface area contributed by atoms with Crippen molar-refractivity contribution in [1.29, 1.82) is 0 Å². The minimum atomic E-state index is 0.514. The molecule has 1 aliphatic carbocycles. The van der Waals surface area contributed by atoms with E-state index in [0.717, 1.165) is 24.0 Å². The van der Waals surface area contributed by atoms with Crippen molar-refractivity contribution < 1.29 is 4.74 Å². The van der Waals surface area contributed by atoms with Crippen LogP contribution < -0.4 is 10.1 Å². The quantitative estimate of drug-likeness (QED) is 0.862. The molecule has 100 valence electrons. The van der Waals surface area contributed by atoms with Crippen LogP contribution in [0.4, 0.5) is 0 Å². The van der Waals surface area contributed by atoms with E-state index in [1.807, 2.05) is 31.4 Å². The summed E-state index contributed by atoms with van der Waals surface area (Å²) in [7, 11) is 1.91. The fourth-order valence-corrected chi connectivity index (χ4v) is 1.95. The lowest BCUT2D eigenvalue weighted by Gasteiger charge is -2.06. The first-order chi connectivity index (χ1) is 9.29. The lowest BCUT2D eigenvalue weighted by atomic mass is 10.2. The van der Waals surface area contributed by atoms with E-state index in [2.05, 4.69) is 22.5 Å². The number of aromatic nitrogens is 2. The zero-order chi connectivity index (χ0) is 13.1. The third kappa shape index (κ3) is 3.58. The Hall–Kier alpha value is -1.81. The Labute approximate surface area is 113 Å². The number of nitrogens with one attached hydrogen (secondary N) is 1. The molecule has 2 aromatic rings. The maximum Gasteiger partial charge on any atom is 0.132 e. The van der Waals surface area contributed by atoms with E-state index in [0.29, 0.717) is 6.61 Å². The van der Waals surface area contributed by atoms with Crippen molar-refractivity contribution in [2.45, 2.75) is 32.0 Å². The summed E-state index contributed by atoms with van der Waals surface area (Å²) in [6.45, 7) is 1.46. The normalized spacial score (nSPS) is 14.6. The maximum atomic E-state index is 5.70. The Morgan fingerprint density at radius 3 is 2.68 bits per heavy atom. The first kappa shape index (κ1) is 12.2. The SMILES string of the molecule is Cn1ccc(COc2ccc(CNC3CC3)cc2)n1. The molecule has 1 aromatic heterocycles. The standard InChI is InChI=1S/C15H19N3O/c1-18-9-8-14(17-18)11-19-15-6-2-12(3-7-15)10-16-13-4-5-13/h2-3,6-9,13,16H,4-5,10-11H2,1H3.